The second kappa shape index (κ2) is 8.50. The number of amides is 1. The average molecular weight is 384 g/mol. The highest BCUT2D eigenvalue weighted by Crippen LogP contribution is 2.27. The number of carboxylic acid groups (broad SMARTS) is 1. The number of aryl methyl sites for hydroxylation is 1. The molecule has 1 aromatic carbocycles. The van der Waals surface area contributed by atoms with Crippen LogP contribution in [0, 0.1) is 19.8 Å². The predicted molar refractivity (Wildman–Crippen MR) is 107 cm³/mol. The molecule has 2 heterocycles. The molecule has 0 aliphatic carbocycles. The highest BCUT2D eigenvalue weighted by molar-refractivity contribution is 5.96. The van der Waals surface area contributed by atoms with Crippen LogP contribution >= 0.6 is 0 Å². The summed E-state index contributed by atoms with van der Waals surface area (Å²) in [7, 11) is 1.64. The fourth-order valence-electron chi connectivity index (χ4n) is 4.09. The number of carbonyl (C=O) groups excluding carboxylic acids is 1. The van der Waals surface area contributed by atoms with Gasteiger partial charge < -0.3 is 19.3 Å². The number of aromatic nitrogens is 1. The SMILES string of the molecule is COc1ccc(-n2c(C)cc(C(=O)N3CCCC(CCC(=O)O)C3)c2C)cc1. The molecule has 3 rings (SSSR count). The molecule has 0 bridgehead atoms. The largest absolute Gasteiger partial charge is 0.497 e. The van der Waals surface area contributed by atoms with E-state index in [1.54, 1.807) is 7.11 Å². The zero-order valence-corrected chi connectivity index (χ0v) is 16.8. The monoisotopic (exact) mass is 384 g/mol. The summed E-state index contributed by atoms with van der Waals surface area (Å²) in [6.45, 7) is 5.34. The first-order valence-electron chi connectivity index (χ1n) is 9.75. The molecule has 0 spiro atoms. The van der Waals surface area contributed by atoms with Crippen LogP contribution in [0.3, 0.4) is 0 Å². The number of likely N-dealkylation sites (tertiary alicyclic amines) is 1. The van der Waals surface area contributed by atoms with Gasteiger partial charge >= 0.3 is 5.97 Å². The molecule has 1 amide bonds. The molecule has 0 radical (unpaired) electrons. The molecule has 2 aromatic rings. The fraction of sp³-hybridized carbons (Fsp3) is 0.455. The van der Waals surface area contributed by atoms with Gasteiger partial charge in [0.05, 0.1) is 12.7 Å². The maximum absolute atomic E-state index is 13.2. The first kappa shape index (κ1) is 20.0. The van der Waals surface area contributed by atoms with E-state index in [1.165, 1.54) is 0 Å². The van der Waals surface area contributed by atoms with E-state index in [4.69, 9.17) is 9.84 Å². The van der Waals surface area contributed by atoms with E-state index in [0.29, 0.717) is 18.5 Å². The van der Waals surface area contributed by atoms with E-state index in [1.807, 2.05) is 49.1 Å². The van der Waals surface area contributed by atoms with Gasteiger partial charge in [0.1, 0.15) is 5.75 Å². The molecular formula is C22H28N2O4. The molecule has 1 fully saturated rings. The van der Waals surface area contributed by atoms with Gasteiger partial charge in [0.15, 0.2) is 0 Å². The lowest BCUT2D eigenvalue weighted by molar-refractivity contribution is -0.137. The number of nitrogens with zero attached hydrogens (tertiary/aromatic N) is 2. The molecule has 28 heavy (non-hydrogen) atoms. The molecular weight excluding hydrogens is 356 g/mol. The number of hydrogen-bond donors (Lipinski definition) is 1. The third kappa shape index (κ3) is 4.21. The summed E-state index contributed by atoms with van der Waals surface area (Å²) in [4.78, 5) is 25.9. The van der Waals surface area contributed by atoms with Gasteiger partial charge in [-0.05, 0) is 69.4 Å². The molecule has 6 nitrogen and oxygen atoms in total. The van der Waals surface area contributed by atoms with Crippen LogP contribution in [0.25, 0.3) is 5.69 Å². The third-order valence-electron chi connectivity index (χ3n) is 5.56. The molecule has 1 aromatic heterocycles. The van der Waals surface area contributed by atoms with Crippen LogP contribution in [0.2, 0.25) is 0 Å². The third-order valence-corrected chi connectivity index (χ3v) is 5.56. The minimum absolute atomic E-state index is 0.0351. The summed E-state index contributed by atoms with van der Waals surface area (Å²) >= 11 is 0. The van der Waals surface area contributed by atoms with Crippen molar-refractivity contribution in [2.24, 2.45) is 5.92 Å². The molecule has 6 heteroatoms. The summed E-state index contributed by atoms with van der Waals surface area (Å²) in [5.74, 6) is 0.321. The average Bonchev–Trinajstić information content (AvgIpc) is 3.00. The Bertz CT molecular complexity index is 854. The summed E-state index contributed by atoms with van der Waals surface area (Å²) in [6, 6.07) is 9.73. The predicted octanol–water partition coefficient (Wildman–Crippen LogP) is 3.82. The highest BCUT2D eigenvalue weighted by Gasteiger charge is 2.27. The Balaban J connectivity index is 1.79. The standard InChI is InChI=1S/C22H28N2O4/c1-15-13-20(16(2)24(15)18-7-9-19(28-3)10-8-18)22(27)23-12-4-5-17(14-23)6-11-21(25)26/h7-10,13,17H,4-6,11-12,14H2,1-3H3,(H,25,26). The molecule has 1 unspecified atom stereocenters. The molecule has 1 saturated heterocycles. The quantitative estimate of drug-likeness (QED) is 0.822. The maximum atomic E-state index is 13.2. The Morgan fingerprint density at radius 1 is 1.21 bits per heavy atom. The van der Waals surface area contributed by atoms with Crippen molar-refractivity contribution in [3.8, 4) is 11.4 Å². The first-order valence-corrected chi connectivity index (χ1v) is 9.75. The molecule has 1 atom stereocenters. The van der Waals surface area contributed by atoms with E-state index < -0.39 is 5.97 Å². The number of carboxylic acids is 1. The van der Waals surface area contributed by atoms with Crippen molar-refractivity contribution in [1.29, 1.82) is 0 Å². The Kier molecular flexibility index (Phi) is 6.07. The number of carbonyl (C=O) groups is 2. The van der Waals surface area contributed by atoms with Gasteiger partial charge in [-0.2, -0.15) is 0 Å². The fourth-order valence-corrected chi connectivity index (χ4v) is 4.09. The second-order valence-electron chi connectivity index (χ2n) is 7.51. The van der Waals surface area contributed by atoms with Gasteiger partial charge in [0.25, 0.3) is 5.91 Å². The number of piperidine rings is 1. The Morgan fingerprint density at radius 3 is 2.57 bits per heavy atom. The summed E-state index contributed by atoms with van der Waals surface area (Å²) in [5, 5.41) is 8.92. The van der Waals surface area contributed by atoms with Crippen molar-refractivity contribution >= 4 is 11.9 Å². The van der Waals surface area contributed by atoms with E-state index in [0.717, 1.165) is 42.2 Å². The maximum Gasteiger partial charge on any atom is 0.303 e. The van der Waals surface area contributed by atoms with Gasteiger partial charge in [-0.25, -0.2) is 0 Å². The van der Waals surface area contributed by atoms with Crippen LogP contribution in [0.4, 0.5) is 0 Å². The van der Waals surface area contributed by atoms with Crippen molar-refractivity contribution in [3.63, 3.8) is 0 Å². The second-order valence-corrected chi connectivity index (χ2v) is 7.51. The molecule has 1 aliphatic rings. The summed E-state index contributed by atoms with van der Waals surface area (Å²) in [5.41, 5.74) is 3.63. The number of benzene rings is 1. The van der Waals surface area contributed by atoms with Crippen molar-refractivity contribution in [1.82, 2.24) is 9.47 Å². The zero-order valence-electron chi connectivity index (χ0n) is 16.8. The van der Waals surface area contributed by atoms with Crippen molar-refractivity contribution in [2.75, 3.05) is 20.2 Å². The van der Waals surface area contributed by atoms with E-state index >= 15 is 0 Å². The molecule has 1 N–H and O–H groups in total. The van der Waals surface area contributed by atoms with Crippen LogP contribution in [0.5, 0.6) is 5.75 Å². The van der Waals surface area contributed by atoms with Gasteiger partial charge in [0, 0.05) is 36.6 Å². The molecule has 0 saturated carbocycles. The zero-order chi connectivity index (χ0) is 20.3. The summed E-state index contributed by atoms with van der Waals surface area (Å²) < 4.78 is 7.31. The van der Waals surface area contributed by atoms with E-state index in [2.05, 4.69) is 4.57 Å². The van der Waals surface area contributed by atoms with Crippen LogP contribution in [0.15, 0.2) is 30.3 Å². The number of aliphatic carboxylic acids is 1. The number of hydrogen-bond acceptors (Lipinski definition) is 3. The van der Waals surface area contributed by atoms with Crippen molar-refractivity contribution in [3.05, 3.63) is 47.3 Å². The Morgan fingerprint density at radius 2 is 1.93 bits per heavy atom. The summed E-state index contributed by atoms with van der Waals surface area (Å²) in [6.07, 6.45) is 2.71. The smallest absolute Gasteiger partial charge is 0.303 e. The normalized spacial score (nSPS) is 16.8. The lowest BCUT2D eigenvalue weighted by Gasteiger charge is -2.32. The number of methoxy groups -OCH3 is 1. The number of ether oxygens (including phenoxy) is 1. The van der Waals surface area contributed by atoms with E-state index in [-0.39, 0.29) is 18.2 Å². The van der Waals surface area contributed by atoms with Crippen LogP contribution < -0.4 is 4.74 Å². The Labute approximate surface area is 165 Å². The van der Waals surface area contributed by atoms with E-state index in [9.17, 15) is 9.59 Å². The minimum atomic E-state index is -0.772. The van der Waals surface area contributed by atoms with Crippen LogP contribution in [-0.4, -0.2) is 46.6 Å². The Hall–Kier alpha value is -2.76. The molecule has 1 aliphatic heterocycles. The van der Waals surface area contributed by atoms with Crippen molar-refractivity contribution < 1.29 is 19.4 Å². The highest BCUT2D eigenvalue weighted by atomic mass is 16.5. The first-order chi connectivity index (χ1) is 13.4. The van der Waals surface area contributed by atoms with Crippen molar-refractivity contribution in [2.45, 2.75) is 39.5 Å². The van der Waals surface area contributed by atoms with Crippen LogP contribution in [-0.2, 0) is 4.79 Å². The topological polar surface area (TPSA) is 71.8 Å². The number of rotatable bonds is 6. The minimum Gasteiger partial charge on any atom is -0.497 e. The van der Waals surface area contributed by atoms with Crippen LogP contribution in [0.1, 0.15) is 47.4 Å². The van der Waals surface area contributed by atoms with Gasteiger partial charge in [-0.1, -0.05) is 0 Å². The molecule has 150 valence electrons. The lowest BCUT2D eigenvalue weighted by atomic mass is 9.93. The lowest BCUT2D eigenvalue weighted by Crippen LogP contribution is -2.40. The van der Waals surface area contributed by atoms with Gasteiger partial charge in [0.2, 0.25) is 0 Å². The van der Waals surface area contributed by atoms with Gasteiger partial charge in [-0.15, -0.1) is 0 Å². The van der Waals surface area contributed by atoms with Gasteiger partial charge in [-0.3, -0.25) is 9.59 Å².